The summed E-state index contributed by atoms with van der Waals surface area (Å²) in [5, 5.41) is 0. The fourth-order valence-corrected chi connectivity index (χ4v) is 1.94. The number of hydrogen-bond acceptors (Lipinski definition) is 5. The Morgan fingerprint density at radius 2 is 1.86 bits per heavy atom. The molecule has 0 N–H and O–H groups in total. The van der Waals surface area contributed by atoms with E-state index in [1.165, 1.54) is 14.0 Å². The van der Waals surface area contributed by atoms with Crippen molar-refractivity contribution in [2.24, 2.45) is 5.92 Å². The van der Waals surface area contributed by atoms with Gasteiger partial charge in [-0.2, -0.15) is 0 Å². The summed E-state index contributed by atoms with van der Waals surface area (Å²) in [5.41, 5.74) is 2.25. The van der Waals surface area contributed by atoms with E-state index < -0.39 is 0 Å². The summed E-state index contributed by atoms with van der Waals surface area (Å²) in [7, 11) is 1.52. The Morgan fingerprint density at radius 1 is 1.18 bits per heavy atom. The molecule has 0 saturated heterocycles. The second kappa shape index (κ2) is 7.02. The molecule has 0 amide bonds. The molecule has 0 aliphatic rings. The highest BCUT2D eigenvalue weighted by Gasteiger charge is 2.12. The second-order valence-electron chi connectivity index (χ2n) is 5.43. The average Bonchev–Trinajstić information content (AvgIpc) is 2.52. The van der Waals surface area contributed by atoms with Crippen LogP contribution in [0.25, 0.3) is 11.1 Å². The number of nitrogens with zero attached hydrogens (tertiary/aromatic N) is 2. The van der Waals surface area contributed by atoms with Crippen molar-refractivity contribution in [3.8, 4) is 22.9 Å². The maximum absolute atomic E-state index is 11.9. The first kappa shape index (κ1) is 15.9. The summed E-state index contributed by atoms with van der Waals surface area (Å²) in [5.74, 6) is 0.976. The first-order valence-electron chi connectivity index (χ1n) is 7.15. The molecule has 0 atom stereocenters. The lowest BCUT2D eigenvalue weighted by atomic mass is 10.0. The monoisotopic (exact) mass is 300 g/mol. The van der Waals surface area contributed by atoms with Crippen molar-refractivity contribution < 1.29 is 14.3 Å². The number of Topliss-reactive ketones (excluding diaryl/α,β-unsaturated/α-hetero) is 1. The van der Waals surface area contributed by atoms with Crippen molar-refractivity contribution in [1.82, 2.24) is 9.97 Å². The Labute approximate surface area is 130 Å². The number of hydrogen-bond donors (Lipinski definition) is 0. The lowest BCUT2D eigenvalue weighted by Crippen LogP contribution is -2.07. The SMILES string of the molecule is COc1ncc(-c2ccc(OCC(C)C)c(C(C)=O)c2)cn1. The number of methoxy groups -OCH3 is 1. The maximum Gasteiger partial charge on any atom is 0.316 e. The van der Waals surface area contributed by atoms with Gasteiger partial charge in [-0.1, -0.05) is 19.9 Å². The highest BCUT2D eigenvalue weighted by atomic mass is 16.5. The van der Waals surface area contributed by atoms with E-state index in [9.17, 15) is 4.79 Å². The molecule has 2 aromatic rings. The van der Waals surface area contributed by atoms with Crippen LogP contribution in [-0.2, 0) is 0 Å². The summed E-state index contributed by atoms with van der Waals surface area (Å²) in [6, 6.07) is 5.84. The minimum Gasteiger partial charge on any atom is -0.493 e. The number of carbonyl (C=O) groups excluding carboxylic acids is 1. The molecule has 0 aliphatic carbocycles. The lowest BCUT2D eigenvalue weighted by molar-refractivity contribution is 0.101. The third-order valence-electron chi connectivity index (χ3n) is 3.08. The van der Waals surface area contributed by atoms with Gasteiger partial charge in [-0.25, -0.2) is 9.97 Å². The van der Waals surface area contributed by atoms with Crippen molar-refractivity contribution in [2.45, 2.75) is 20.8 Å². The van der Waals surface area contributed by atoms with Gasteiger partial charge < -0.3 is 9.47 Å². The Hall–Kier alpha value is -2.43. The van der Waals surface area contributed by atoms with E-state index >= 15 is 0 Å². The van der Waals surface area contributed by atoms with E-state index in [4.69, 9.17) is 9.47 Å². The molecule has 116 valence electrons. The van der Waals surface area contributed by atoms with Crippen LogP contribution in [0.2, 0.25) is 0 Å². The number of carbonyl (C=O) groups is 1. The predicted molar refractivity (Wildman–Crippen MR) is 84.4 cm³/mol. The van der Waals surface area contributed by atoms with Crippen molar-refractivity contribution in [3.05, 3.63) is 36.2 Å². The Kier molecular flexibility index (Phi) is 5.09. The van der Waals surface area contributed by atoms with Gasteiger partial charge in [-0.3, -0.25) is 4.79 Å². The van der Waals surface area contributed by atoms with E-state index in [0.717, 1.165) is 11.1 Å². The molecule has 0 unspecified atom stereocenters. The molecule has 2 rings (SSSR count). The smallest absolute Gasteiger partial charge is 0.316 e. The van der Waals surface area contributed by atoms with E-state index in [-0.39, 0.29) is 5.78 Å². The number of benzene rings is 1. The number of aromatic nitrogens is 2. The summed E-state index contributed by atoms with van der Waals surface area (Å²) in [6.07, 6.45) is 3.33. The van der Waals surface area contributed by atoms with Crippen molar-refractivity contribution in [1.29, 1.82) is 0 Å². The van der Waals surface area contributed by atoms with E-state index in [1.807, 2.05) is 18.2 Å². The molecule has 22 heavy (non-hydrogen) atoms. The largest absolute Gasteiger partial charge is 0.493 e. The van der Waals surface area contributed by atoms with Gasteiger partial charge in [0.2, 0.25) is 0 Å². The molecule has 5 heteroatoms. The minimum atomic E-state index is -0.0324. The van der Waals surface area contributed by atoms with Crippen LogP contribution in [0.1, 0.15) is 31.1 Å². The van der Waals surface area contributed by atoms with Crippen LogP contribution in [-0.4, -0.2) is 29.5 Å². The zero-order chi connectivity index (χ0) is 16.1. The quantitative estimate of drug-likeness (QED) is 0.765. The van der Waals surface area contributed by atoms with Crippen molar-refractivity contribution >= 4 is 5.78 Å². The van der Waals surface area contributed by atoms with Gasteiger partial charge in [0.15, 0.2) is 5.78 Å². The second-order valence-corrected chi connectivity index (χ2v) is 5.43. The average molecular weight is 300 g/mol. The fraction of sp³-hybridized carbons (Fsp3) is 0.353. The molecule has 5 nitrogen and oxygen atoms in total. The van der Waals surface area contributed by atoms with Gasteiger partial charge >= 0.3 is 6.01 Å². The molecule has 0 spiro atoms. The topological polar surface area (TPSA) is 61.3 Å². The molecule has 0 bridgehead atoms. The summed E-state index contributed by atoms with van der Waals surface area (Å²) in [4.78, 5) is 20.0. The first-order valence-corrected chi connectivity index (χ1v) is 7.15. The lowest BCUT2D eigenvalue weighted by Gasteiger charge is -2.13. The van der Waals surface area contributed by atoms with Crippen LogP contribution < -0.4 is 9.47 Å². The highest BCUT2D eigenvalue weighted by Crippen LogP contribution is 2.27. The van der Waals surface area contributed by atoms with Gasteiger partial charge in [0.05, 0.1) is 19.3 Å². The van der Waals surface area contributed by atoms with Gasteiger partial charge in [0.1, 0.15) is 5.75 Å². The molecule has 0 saturated carbocycles. The molecule has 0 radical (unpaired) electrons. The van der Waals surface area contributed by atoms with Crippen molar-refractivity contribution in [3.63, 3.8) is 0 Å². The van der Waals surface area contributed by atoms with Crippen LogP contribution >= 0.6 is 0 Å². The van der Waals surface area contributed by atoms with Gasteiger partial charge in [-0.15, -0.1) is 0 Å². The maximum atomic E-state index is 11.9. The van der Waals surface area contributed by atoms with Crippen LogP contribution in [0.3, 0.4) is 0 Å². The summed E-state index contributed by atoms with van der Waals surface area (Å²) >= 11 is 0. The Morgan fingerprint density at radius 3 is 2.41 bits per heavy atom. The Balaban J connectivity index is 2.33. The summed E-state index contributed by atoms with van der Waals surface area (Å²) < 4.78 is 10.7. The van der Waals surface area contributed by atoms with Crippen LogP contribution in [0.15, 0.2) is 30.6 Å². The highest BCUT2D eigenvalue weighted by molar-refractivity contribution is 5.98. The molecular weight excluding hydrogens is 280 g/mol. The zero-order valence-electron chi connectivity index (χ0n) is 13.3. The number of rotatable bonds is 6. The first-order chi connectivity index (χ1) is 10.5. The summed E-state index contributed by atoms with van der Waals surface area (Å²) in [6.45, 7) is 6.24. The van der Waals surface area contributed by atoms with Gasteiger partial charge in [0.25, 0.3) is 0 Å². The Bertz CT molecular complexity index is 651. The third kappa shape index (κ3) is 3.81. The molecule has 1 aromatic carbocycles. The minimum absolute atomic E-state index is 0.0324. The standard InChI is InChI=1S/C17H20N2O3/c1-11(2)10-22-16-6-5-13(7-15(16)12(3)20)14-8-18-17(21-4)19-9-14/h5-9,11H,10H2,1-4H3. The van der Waals surface area contributed by atoms with Crippen LogP contribution in [0.4, 0.5) is 0 Å². The van der Waals surface area contributed by atoms with Crippen LogP contribution in [0, 0.1) is 5.92 Å². The molecule has 0 fully saturated rings. The van der Waals surface area contributed by atoms with Crippen LogP contribution in [0.5, 0.6) is 11.8 Å². The van der Waals surface area contributed by atoms with Crippen molar-refractivity contribution in [2.75, 3.05) is 13.7 Å². The molecular formula is C17H20N2O3. The molecule has 0 aliphatic heterocycles. The van der Waals surface area contributed by atoms with Gasteiger partial charge in [-0.05, 0) is 30.5 Å². The fourth-order valence-electron chi connectivity index (χ4n) is 1.94. The third-order valence-corrected chi connectivity index (χ3v) is 3.08. The van der Waals surface area contributed by atoms with Gasteiger partial charge in [0, 0.05) is 18.0 Å². The number of ether oxygens (including phenoxy) is 2. The number of ketones is 1. The zero-order valence-corrected chi connectivity index (χ0v) is 13.3. The van der Waals surface area contributed by atoms with E-state index in [0.29, 0.717) is 29.8 Å². The predicted octanol–water partition coefficient (Wildman–Crippen LogP) is 3.39. The molecule has 1 aromatic heterocycles. The van der Waals surface area contributed by atoms with E-state index in [1.54, 1.807) is 12.4 Å². The molecule has 1 heterocycles. The normalized spacial score (nSPS) is 10.6. The van der Waals surface area contributed by atoms with E-state index in [2.05, 4.69) is 23.8 Å².